The van der Waals surface area contributed by atoms with Gasteiger partial charge in [0.15, 0.2) is 0 Å². The molecule has 2 unspecified atom stereocenters. The maximum absolute atomic E-state index is 12.6. The molecule has 1 amide bonds. The topological polar surface area (TPSA) is 95.9 Å². The number of unbranched alkanes of at least 4 members (excludes halogenated alkanes) is 64. The van der Waals surface area contributed by atoms with Crippen molar-refractivity contribution in [1.29, 1.82) is 0 Å². The highest BCUT2D eigenvalue weighted by Gasteiger charge is 2.18. The second-order valence-corrected chi connectivity index (χ2v) is 28.8. The molecule has 6 heteroatoms. The highest BCUT2D eigenvalue weighted by Crippen LogP contribution is 2.20. The standard InChI is InChI=1S/C85H163NO5/c1-3-5-7-9-11-13-15-17-19-21-23-24-38-42-45-49-53-57-61-65-69-73-77-83(88)82(81-87)86-84(89)78-74-70-66-62-58-54-50-46-43-39-36-34-32-30-28-26-25-27-29-31-33-35-37-40-44-48-52-56-60-64-68-72-76-80-91-85(90)79-75-71-67-63-59-55-51-47-41-22-20-18-16-14-12-10-8-6-4-2/h29,31,35,37,73,77,82-83,87-88H,3-28,30,32-34,36,38-72,74-76,78-81H2,1-2H3,(H,86,89)/b31-29-,37-35-,77-73+. The summed E-state index contributed by atoms with van der Waals surface area (Å²) in [4.78, 5) is 24.7. The molecular formula is C85H163NO5. The second-order valence-electron chi connectivity index (χ2n) is 28.8. The SMILES string of the molecule is CCCCCCCCCCCCCCCCCCCCCC/C=C/C(O)C(CO)NC(=O)CCCCCCCCCCCCCCCCCCC/C=C\C/C=C\CCCCCCCCCCCOC(=O)CCCCCCCCCCCCCCCCCCCCC. The molecule has 0 bridgehead atoms. The van der Waals surface area contributed by atoms with Crippen molar-refractivity contribution in [2.75, 3.05) is 13.2 Å². The molecule has 0 aromatic rings. The fourth-order valence-corrected chi connectivity index (χ4v) is 13.3. The summed E-state index contributed by atoms with van der Waals surface area (Å²) in [5.74, 6) is -0.0415. The van der Waals surface area contributed by atoms with Crippen LogP contribution < -0.4 is 5.32 Å². The van der Waals surface area contributed by atoms with Crippen LogP contribution in [0.4, 0.5) is 0 Å². The first-order valence-corrected chi connectivity index (χ1v) is 41.8. The first-order valence-electron chi connectivity index (χ1n) is 41.8. The van der Waals surface area contributed by atoms with Crippen LogP contribution in [0.15, 0.2) is 36.5 Å². The van der Waals surface area contributed by atoms with Crippen LogP contribution in [0.3, 0.4) is 0 Å². The average molecular weight is 1280 g/mol. The molecule has 6 nitrogen and oxygen atoms in total. The molecule has 91 heavy (non-hydrogen) atoms. The van der Waals surface area contributed by atoms with E-state index >= 15 is 0 Å². The fourth-order valence-electron chi connectivity index (χ4n) is 13.3. The number of amides is 1. The number of allylic oxidation sites excluding steroid dienone is 5. The van der Waals surface area contributed by atoms with E-state index in [0.717, 1.165) is 44.9 Å². The van der Waals surface area contributed by atoms with Crippen molar-refractivity contribution < 1.29 is 24.5 Å². The van der Waals surface area contributed by atoms with Crippen LogP contribution in [0.2, 0.25) is 0 Å². The number of hydrogen-bond donors (Lipinski definition) is 3. The average Bonchev–Trinajstić information content (AvgIpc) is 3.64. The number of carbonyl (C=O) groups is 2. The third-order valence-corrected chi connectivity index (χ3v) is 19.7. The van der Waals surface area contributed by atoms with Gasteiger partial charge in [0.2, 0.25) is 5.91 Å². The Kier molecular flexibility index (Phi) is 78.8. The van der Waals surface area contributed by atoms with Crippen LogP contribution in [0.1, 0.15) is 470 Å². The fraction of sp³-hybridized carbons (Fsp3) is 0.906. The smallest absolute Gasteiger partial charge is 0.305 e. The first-order chi connectivity index (χ1) is 45.0. The first kappa shape index (κ1) is 89.1. The van der Waals surface area contributed by atoms with Crippen LogP contribution >= 0.6 is 0 Å². The van der Waals surface area contributed by atoms with Gasteiger partial charge in [0.25, 0.3) is 0 Å². The van der Waals surface area contributed by atoms with Gasteiger partial charge < -0.3 is 20.3 Å². The third-order valence-electron chi connectivity index (χ3n) is 19.7. The minimum absolute atomic E-state index is 0.0197. The number of carbonyl (C=O) groups excluding carboxylic acids is 2. The summed E-state index contributed by atoms with van der Waals surface area (Å²) >= 11 is 0. The molecule has 0 aromatic carbocycles. The lowest BCUT2D eigenvalue weighted by molar-refractivity contribution is -0.143. The third kappa shape index (κ3) is 77.0. The van der Waals surface area contributed by atoms with Gasteiger partial charge in [0.1, 0.15) is 0 Å². The molecule has 0 aliphatic rings. The number of esters is 1. The molecule has 0 saturated heterocycles. The van der Waals surface area contributed by atoms with Crippen LogP contribution in [0, 0.1) is 0 Å². The maximum Gasteiger partial charge on any atom is 0.305 e. The Labute approximate surface area is 570 Å². The zero-order valence-electron chi connectivity index (χ0n) is 61.9. The summed E-state index contributed by atoms with van der Waals surface area (Å²) in [6, 6.07) is -0.628. The minimum atomic E-state index is -0.845. The van der Waals surface area contributed by atoms with Gasteiger partial charge in [-0.2, -0.15) is 0 Å². The van der Waals surface area contributed by atoms with Crippen molar-refractivity contribution in [3.8, 4) is 0 Å². The summed E-state index contributed by atoms with van der Waals surface area (Å²) in [5, 5.41) is 23.3. The number of rotatable bonds is 79. The lowest BCUT2D eigenvalue weighted by Gasteiger charge is -2.20. The van der Waals surface area contributed by atoms with E-state index in [4.69, 9.17) is 4.74 Å². The van der Waals surface area contributed by atoms with E-state index < -0.39 is 12.1 Å². The molecular weight excluding hydrogens is 1110 g/mol. The summed E-state index contributed by atoms with van der Waals surface area (Å²) in [7, 11) is 0. The predicted octanol–water partition coefficient (Wildman–Crippen LogP) is 27.8. The lowest BCUT2D eigenvalue weighted by Crippen LogP contribution is -2.45. The van der Waals surface area contributed by atoms with Crippen LogP contribution in [0.5, 0.6) is 0 Å². The summed E-state index contributed by atoms with van der Waals surface area (Å²) in [6.45, 7) is 4.96. The molecule has 3 N–H and O–H groups in total. The quantitative estimate of drug-likeness (QED) is 0.0320. The lowest BCUT2D eigenvalue weighted by atomic mass is 10.0. The Balaban J connectivity index is 3.38. The van der Waals surface area contributed by atoms with E-state index in [1.807, 2.05) is 6.08 Å². The normalized spacial score (nSPS) is 12.6. The van der Waals surface area contributed by atoms with Crippen LogP contribution in [-0.2, 0) is 14.3 Å². The molecule has 0 aliphatic carbocycles. The molecule has 0 heterocycles. The van der Waals surface area contributed by atoms with Gasteiger partial charge in [0.05, 0.1) is 25.4 Å². The van der Waals surface area contributed by atoms with Gasteiger partial charge in [0, 0.05) is 12.8 Å². The predicted molar refractivity (Wildman–Crippen MR) is 403 cm³/mol. The van der Waals surface area contributed by atoms with Crippen molar-refractivity contribution in [1.82, 2.24) is 5.32 Å². The molecule has 0 rings (SSSR count). The van der Waals surface area contributed by atoms with Gasteiger partial charge in [-0.3, -0.25) is 9.59 Å². The van der Waals surface area contributed by atoms with Crippen molar-refractivity contribution >= 4 is 11.9 Å². The maximum atomic E-state index is 12.6. The van der Waals surface area contributed by atoms with Gasteiger partial charge in [-0.25, -0.2) is 0 Å². The Morgan fingerprint density at radius 1 is 0.308 bits per heavy atom. The van der Waals surface area contributed by atoms with Crippen molar-refractivity contribution in [3.05, 3.63) is 36.5 Å². The summed E-state index contributed by atoms with van der Waals surface area (Å²) < 4.78 is 5.52. The van der Waals surface area contributed by atoms with Gasteiger partial charge >= 0.3 is 5.97 Å². The van der Waals surface area contributed by atoms with Crippen LogP contribution in [0.25, 0.3) is 0 Å². The number of aliphatic hydroxyl groups is 2. The van der Waals surface area contributed by atoms with Gasteiger partial charge in [-0.1, -0.05) is 429 Å². The Morgan fingerprint density at radius 3 is 0.835 bits per heavy atom. The van der Waals surface area contributed by atoms with E-state index in [-0.39, 0.29) is 18.5 Å². The zero-order chi connectivity index (χ0) is 65.6. The highest BCUT2D eigenvalue weighted by molar-refractivity contribution is 5.76. The number of aliphatic hydroxyl groups excluding tert-OH is 2. The van der Waals surface area contributed by atoms with Gasteiger partial charge in [-0.05, 0) is 64.2 Å². The molecule has 0 aromatic heterocycles. The molecule has 2 atom stereocenters. The number of ether oxygens (including phenoxy) is 1. The largest absolute Gasteiger partial charge is 0.466 e. The van der Waals surface area contributed by atoms with Gasteiger partial charge in [-0.15, -0.1) is 0 Å². The molecule has 0 saturated carbocycles. The van der Waals surface area contributed by atoms with Crippen molar-refractivity contribution in [2.45, 2.75) is 482 Å². The minimum Gasteiger partial charge on any atom is -0.466 e. The zero-order valence-corrected chi connectivity index (χ0v) is 61.9. The number of hydrogen-bond acceptors (Lipinski definition) is 5. The Morgan fingerprint density at radius 2 is 0.549 bits per heavy atom. The molecule has 538 valence electrons. The molecule has 0 aliphatic heterocycles. The van der Waals surface area contributed by atoms with E-state index in [9.17, 15) is 19.8 Å². The van der Waals surface area contributed by atoms with E-state index in [0.29, 0.717) is 19.4 Å². The molecule has 0 fully saturated rings. The van der Waals surface area contributed by atoms with Crippen molar-refractivity contribution in [3.63, 3.8) is 0 Å². The Hall–Kier alpha value is -1.92. The number of nitrogens with one attached hydrogen (secondary N) is 1. The summed E-state index contributed by atoms with van der Waals surface area (Å²) in [6.07, 6.45) is 106. The summed E-state index contributed by atoms with van der Waals surface area (Å²) in [5.41, 5.74) is 0. The Bertz CT molecular complexity index is 1470. The van der Waals surface area contributed by atoms with E-state index in [1.165, 1.54) is 398 Å². The van der Waals surface area contributed by atoms with Crippen LogP contribution in [-0.4, -0.2) is 47.4 Å². The highest BCUT2D eigenvalue weighted by atomic mass is 16.5. The molecule has 0 radical (unpaired) electrons. The van der Waals surface area contributed by atoms with Crippen molar-refractivity contribution in [2.24, 2.45) is 0 Å². The molecule has 0 spiro atoms. The second kappa shape index (κ2) is 80.5. The monoisotopic (exact) mass is 1280 g/mol. The van der Waals surface area contributed by atoms with E-state index in [1.54, 1.807) is 6.08 Å². The van der Waals surface area contributed by atoms with E-state index in [2.05, 4.69) is 43.5 Å².